The van der Waals surface area contributed by atoms with Crippen molar-refractivity contribution in [3.8, 4) is 0 Å². The number of carbonyl (C=O) groups excluding carboxylic acids is 1. The van der Waals surface area contributed by atoms with E-state index in [-0.39, 0.29) is 12.2 Å². The summed E-state index contributed by atoms with van der Waals surface area (Å²) in [6.07, 6.45) is 0.693. The third-order valence-corrected chi connectivity index (χ3v) is 1.77. The lowest BCUT2D eigenvalue weighted by molar-refractivity contribution is -0.192. The molecule has 64 valence electrons. The molecule has 0 bridgehead atoms. The van der Waals surface area contributed by atoms with E-state index < -0.39 is 6.29 Å². The average molecular weight is 160 g/mol. The van der Waals surface area contributed by atoms with Gasteiger partial charge in [0.15, 0.2) is 12.6 Å². The van der Waals surface area contributed by atoms with Gasteiger partial charge in [0, 0.05) is 20.6 Å². The standard InChI is InChI=1S/C7H12O4/c1-9-6-3-5(4-8)7(10-2)11-6/h4-7H,3H2,1-2H3/t5-,6-,7+/m0/s1. The van der Waals surface area contributed by atoms with Gasteiger partial charge in [0.05, 0.1) is 5.92 Å². The molecule has 1 aliphatic rings. The SMILES string of the molecule is CO[C@@H]1C[C@@H](C=O)[C@H](OC)O1. The minimum atomic E-state index is -0.433. The maximum Gasteiger partial charge on any atom is 0.169 e. The molecule has 0 unspecified atom stereocenters. The Morgan fingerprint density at radius 3 is 2.55 bits per heavy atom. The monoisotopic (exact) mass is 160 g/mol. The maximum absolute atomic E-state index is 10.4. The summed E-state index contributed by atoms with van der Waals surface area (Å²) in [5.41, 5.74) is 0. The highest BCUT2D eigenvalue weighted by Crippen LogP contribution is 2.25. The van der Waals surface area contributed by atoms with Crippen molar-refractivity contribution >= 4 is 6.29 Å². The third kappa shape index (κ3) is 1.77. The van der Waals surface area contributed by atoms with Crippen LogP contribution in [-0.4, -0.2) is 33.1 Å². The lowest BCUT2D eigenvalue weighted by atomic mass is 10.1. The maximum atomic E-state index is 10.4. The minimum Gasteiger partial charge on any atom is -0.356 e. The van der Waals surface area contributed by atoms with Crippen molar-refractivity contribution in [3.05, 3.63) is 0 Å². The predicted molar refractivity (Wildman–Crippen MR) is 36.9 cm³/mol. The summed E-state index contributed by atoms with van der Waals surface area (Å²) in [5.74, 6) is -0.190. The summed E-state index contributed by atoms with van der Waals surface area (Å²) in [7, 11) is 3.06. The van der Waals surface area contributed by atoms with Gasteiger partial charge in [-0.05, 0) is 0 Å². The van der Waals surface area contributed by atoms with Crippen LogP contribution in [0, 0.1) is 5.92 Å². The van der Waals surface area contributed by atoms with E-state index in [2.05, 4.69) is 0 Å². The molecule has 4 nitrogen and oxygen atoms in total. The van der Waals surface area contributed by atoms with Gasteiger partial charge in [-0.15, -0.1) is 0 Å². The van der Waals surface area contributed by atoms with Crippen LogP contribution in [-0.2, 0) is 19.0 Å². The number of methoxy groups -OCH3 is 2. The number of hydrogen-bond acceptors (Lipinski definition) is 4. The van der Waals surface area contributed by atoms with Crippen LogP contribution < -0.4 is 0 Å². The van der Waals surface area contributed by atoms with Crippen LogP contribution in [0.5, 0.6) is 0 Å². The van der Waals surface area contributed by atoms with Crippen molar-refractivity contribution < 1.29 is 19.0 Å². The van der Waals surface area contributed by atoms with E-state index in [0.29, 0.717) is 6.42 Å². The molecular weight excluding hydrogens is 148 g/mol. The quantitative estimate of drug-likeness (QED) is 0.552. The molecule has 1 rings (SSSR count). The first kappa shape index (κ1) is 8.64. The number of rotatable bonds is 3. The Labute approximate surface area is 65.4 Å². The predicted octanol–water partition coefficient (Wildman–Crippen LogP) is 0.167. The molecule has 1 fully saturated rings. The molecule has 1 heterocycles. The molecule has 0 aromatic carbocycles. The smallest absolute Gasteiger partial charge is 0.169 e. The zero-order valence-corrected chi connectivity index (χ0v) is 6.65. The first-order chi connectivity index (χ1) is 5.31. The van der Waals surface area contributed by atoms with Crippen molar-refractivity contribution in [1.29, 1.82) is 0 Å². The highest BCUT2D eigenvalue weighted by molar-refractivity contribution is 5.54. The Morgan fingerprint density at radius 2 is 2.18 bits per heavy atom. The largest absolute Gasteiger partial charge is 0.356 e. The molecule has 0 aromatic heterocycles. The molecule has 0 saturated carbocycles. The zero-order valence-electron chi connectivity index (χ0n) is 6.65. The molecule has 0 aromatic rings. The third-order valence-electron chi connectivity index (χ3n) is 1.77. The van der Waals surface area contributed by atoms with Crippen molar-refractivity contribution in [1.82, 2.24) is 0 Å². The Morgan fingerprint density at radius 1 is 1.45 bits per heavy atom. The fraction of sp³-hybridized carbons (Fsp3) is 0.857. The molecule has 1 saturated heterocycles. The van der Waals surface area contributed by atoms with Crippen molar-refractivity contribution in [2.24, 2.45) is 5.92 Å². The van der Waals surface area contributed by atoms with Gasteiger partial charge in [0.2, 0.25) is 0 Å². The van der Waals surface area contributed by atoms with Gasteiger partial charge >= 0.3 is 0 Å². The van der Waals surface area contributed by atoms with Gasteiger partial charge in [-0.3, -0.25) is 0 Å². The second-order valence-corrected chi connectivity index (χ2v) is 2.44. The molecule has 4 heteroatoms. The van der Waals surface area contributed by atoms with Gasteiger partial charge in [0.1, 0.15) is 6.29 Å². The number of ether oxygens (including phenoxy) is 3. The summed E-state index contributed by atoms with van der Waals surface area (Å²) < 4.78 is 15.0. The molecule has 0 aliphatic carbocycles. The van der Waals surface area contributed by atoms with Crippen LogP contribution in [0.3, 0.4) is 0 Å². The molecule has 0 spiro atoms. The fourth-order valence-corrected chi connectivity index (χ4v) is 1.14. The second kappa shape index (κ2) is 3.80. The lowest BCUT2D eigenvalue weighted by Crippen LogP contribution is -2.19. The average Bonchev–Trinajstić information content (AvgIpc) is 2.46. The Balaban J connectivity index is 2.47. The Hall–Kier alpha value is -0.450. The van der Waals surface area contributed by atoms with Crippen molar-refractivity contribution in [2.45, 2.75) is 19.0 Å². The van der Waals surface area contributed by atoms with Crippen LogP contribution in [0.25, 0.3) is 0 Å². The topological polar surface area (TPSA) is 44.8 Å². The second-order valence-electron chi connectivity index (χ2n) is 2.44. The van der Waals surface area contributed by atoms with Crippen LogP contribution in [0.1, 0.15) is 6.42 Å². The van der Waals surface area contributed by atoms with Gasteiger partial charge in [-0.25, -0.2) is 0 Å². The molecule has 0 amide bonds. The first-order valence-corrected chi connectivity index (χ1v) is 3.48. The fourth-order valence-electron chi connectivity index (χ4n) is 1.14. The van der Waals surface area contributed by atoms with Gasteiger partial charge in [-0.1, -0.05) is 0 Å². The van der Waals surface area contributed by atoms with Crippen molar-refractivity contribution in [3.63, 3.8) is 0 Å². The Bertz CT molecular complexity index is 136. The highest BCUT2D eigenvalue weighted by Gasteiger charge is 2.34. The van der Waals surface area contributed by atoms with E-state index in [9.17, 15) is 4.79 Å². The van der Waals surface area contributed by atoms with Gasteiger partial charge < -0.3 is 19.0 Å². The summed E-state index contributed by atoms with van der Waals surface area (Å²) >= 11 is 0. The zero-order chi connectivity index (χ0) is 8.27. The molecule has 0 N–H and O–H groups in total. The highest BCUT2D eigenvalue weighted by atomic mass is 16.8. The van der Waals surface area contributed by atoms with E-state index >= 15 is 0 Å². The summed E-state index contributed by atoms with van der Waals surface area (Å²) in [5, 5.41) is 0. The molecule has 0 radical (unpaired) electrons. The van der Waals surface area contributed by atoms with Crippen molar-refractivity contribution in [2.75, 3.05) is 14.2 Å². The molecular formula is C7H12O4. The number of hydrogen-bond donors (Lipinski definition) is 0. The van der Waals surface area contributed by atoms with Gasteiger partial charge in [-0.2, -0.15) is 0 Å². The van der Waals surface area contributed by atoms with E-state index in [1.807, 2.05) is 0 Å². The normalized spacial score (nSPS) is 37.5. The summed E-state index contributed by atoms with van der Waals surface area (Å²) in [6, 6.07) is 0. The number of carbonyl (C=O) groups is 1. The summed E-state index contributed by atoms with van der Waals surface area (Å²) in [6.45, 7) is 0. The molecule has 1 aliphatic heterocycles. The minimum absolute atomic E-state index is 0.190. The summed E-state index contributed by atoms with van der Waals surface area (Å²) in [4.78, 5) is 10.4. The number of aldehydes is 1. The van der Waals surface area contributed by atoms with Crippen LogP contribution in [0.4, 0.5) is 0 Å². The van der Waals surface area contributed by atoms with Gasteiger partial charge in [0.25, 0.3) is 0 Å². The van der Waals surface area contributed by atoms with E-state index in [1.54, 1.807) is 7.11 Å². The van der Waals surface area contributed by atoms with Crippen LogP contribution in [0.15, 0.2) is 0 Å². The van der Waals surface area contributed by atoms with E-state index in [1.165, 1.54) is 7.11 Å². The molecule has 11 heavy (non-hydrogen) atoms. The molecule has 3 atom stereocenters. The first-order valence-electron chi connectivity index (χ1n) is 3.48. The van der Waals surface area contributed by atoms with E-state index in [4.69, 9.17) is 14.2 Å². The van der Waals surface area contributed by atoms with Crippen LogP contribution in [0.2, 0.25) is 0 Å². The lowest BCUT2D eigenvalue weighted by Gasteiger charge is -2.11. The van der Waals surface area contributed by atoms with Crippen LogP contribution >= 0.6 is 0 Å². The van der Waals surface area contributed by atoms with E-state index in [0.717, 1.165) is 6.29 Å². The Kier molecular flexibility index (Phi) is 2.99.